The molecule has 0 saturated heterocycles. The summed E-state index contributed by atoms with van der Waals surface area (Å²) in [5, 5.41) is 11.8. The van der Waals surface area contributed by atoms with Crippen LogP contribution in [0.25, 0.3) is 11.3 Å². The zero-order valence-corrected chi connectivity index (χ0v) is 13.7. The van der Waals surface area contributed by atoms with Crippen LogP contribution in [0.2, 0.25) is 0 Å². The van der Waals surface area contributed by atoms with Crippen LogP contribution in [0.4, 0.5) is 0 Å². The Hall–Kier alpha value is -2.73. The number of carboxylic acid groups (broad SMARTS) is 1. The summed E-state index contributed by atoms with van der Waals surface area (Å²) in [6.07, 6.45) is 1.89. The Balaban J connectivity index is 2.25. The molecule has 1 atom stereocenters. The van der Waals surface area contributed by atoms with Gasteiger partial charge in [0.05, 0.1) is 5.69 Å². The summed E-state index contributed by atoms with van der Waals surface area (Å²) in [5.74, 6) is -1.51. The van der Waals surface area contributed by atoms with Crippen molar-refractivity contribution in [1.82, 2.24) is 10.3 Å². The highest BCUT2D eigenvalue weighted by Crippen LogP contribution is 2.23. The molecule has 0 fully saturated rings. The van der Waals surface area contributed by atoms with Gasteiger partial charge in [-0.05, 0) is 30.7 Å². The fourth-order valence-electron chi connectivity index (χ4n) is 2.41. The number of carbonyl (C=O) groups is 2. The van der Waals surface area contributed by atoms with Crippen LogP contribution in [0.1, 0.15) is 22.3 Å². The van der Waals surface area contributed by atoms with E-state index in [0.29, 0.717) is 5.56 Å². The maximum atomic E-state index is 12.5. The molecule has 6 nitrogen and oxygen atoms in total. The second-order valence-electron chi connectivity index (χ2n) is 5.34. The lowest BCUT2D eigenvalue weighted by molar-refractivity contribution is -0.139. The van der Waals surface area contributed by atoms with E-state index in [1.165, 1.54) is 7.11 Å². The van der Waals surface area contributed by atoms with Gasteiger partial charge in [0.2, 0.25) is 0 Å². The number of methoxy groups -OCH3 is 1. The van der Waals surface area contributed by atoms with Crippen LogP contribution >= 0.6 is 0 Å². The number of nitrogens with one attached hydrogen (secondary N) is 1. The molecule has 126 valence electrons. The van der Waals surface area contributed by atoms with E-state index in [1.807, 2.05) is 31.2 Å². The number of amides is 1. The van der Waals surface area contributed by atoms with E-state index in [1.54, 1.807) is 18.3 Å². The third-order valence-corrected chi connectivity index (χ3v) is 3.73. The first-order chi connectivity index (χ1) is 11.5. The monoisotopic (exact) mass is 328 g/mol. The summed E-state index contributed by atoms with van der Waals surface area (Å²) in [5.41, 5.74) is 2.79. The van der Waals surface area contributed by atoms with E-state index in [9.17, 15) is 14.7 Å². The number of pyridine rings is 1. The van der Waals surface area contributed by atoms with Crippen LogP contribution in [-0.4, -0.2) is 41.7 Å². The SMILES string of the molecule is COCCC(NC(=O)c1cccc(-c2ccccn2)c1C)C(=O)O. The van der Waals surface area contributed by atoms with Gasteiger partial charge in [0.15, 0.2) is 0 Å². The van der Waals surface area contributed by atoms with Crippen molar-refractivity contribution in [3.63, 3.8) is 0 Å². The Bertz CT molecular complexity index is 716. The summed E-state index contributed by atoms with van der Waals surface area (Å²) >= 11 is 0. The lowest BCUT2D eigenvalue weighted by Crippen LogP contribution is -2.41. The van der Waals surface area contributed by atoms with Crippen LogP contribution < -0.4 is 5.32 Å². The molecule has 1 aromatic carbocycles. The molecule has 24 heavy (non-hydrogen) atoms. The zero-order chi connectivity index (χ0) is 17.5. The molecule has 6 heteroatoms. The normalized spacial score (nSPS) is 11.8. The number of hydrogen-bond acceptors (Lipinski definition) is 4. The van der Waals surface area contributed by atoms with Crippen LogP contribution in [0, 0.1) is 6.92 Å². The van der Waals surface area contributed by atoms with Crippen molar-refractivity contribution in [2.45, 2.75) is 19.4 Å². The van der Waals surface area contributed by atoms with Crippen LogP contribution in [-0.2, 0) is 9.53 Å². The van der Waals surface area contributed by atoms with Gasteiger partial charge in [-0.25, -0.2) is 4.79 Å². The van der Waals surface area contributed by atoms with Gasteiger partial charge in [-0.15, -0.1) is 0 Å². The molecule has 1 heterocycles. The van der Waals surface area contributed by atoms with Crippen molar-refractivity contribution in [3.05, 3.63) is 53.7 Å². The number of benzene rings is 1. The first-order valence-corrected chi connectivity index (χ1v) is 7.58. The maximum absolute atomic E-state index is 12.5. The second-order valence-corrected chi connectivity index (χ2v) is 5.34. The number of ether oxygens (including phenoxy) is 1. The van der Waals surface area contributed by atoms with Crippen molar-refractivity contribution in [1.29, 1.82) is 0 Å². The molecular formula is C18H20N2O4. The Morgan fingerprint density at radius 3 is 2.67 bits per heavy atom. The van der Waals surface area contributed by atoms with Gasteiger partial charge in [0, 0.05) is 37.5 Å². The second kappa shape index (κ2) is 8.21. The average Bonchev–Trinajstić information content (AvgIpc) is 2.59. The highest BCUT2D eigenvalue weighted by atomic mass is 16.5. The Morgan fingerprint density at radius 2 is 2.04 bits per heavy atom. The molecule has 0 radical (unpaired) electrons. The summed E-state index contributed by atoms with van der Waals surface area (Å²) in [7, 11) is 1.49. The standard InChI is InChI=1S/C18H20N2O4/c1-12-13(15-8-3-4-10-19-15)6-5-7-14(12)17(21)20-16(18(22)23)9-11-24-2/h3-8,10,16H,9,11H2,1-2H3,(H,20,21)(H,22,23). The molecule has 0 aliphatic rings. The first kappa shape index (κ1) is 17.6. The number of carboxylic acids is 1. The van der Waals surface area contributed by atoms with Crippen molar-refractivity contribution < 1.29 is 19.4 Å². The Morgan fingerprint density at radius 1 is 1.25 bits per heavy atom. The minimum absolute atomic E-state index is 0.205. The maximum Gasteiger partial charge on any atom is 0.326 e. The number of carbonyl (C=O) groups excluding carboxylic acids is 1. The van der Waals surface area contributed by atoms with Gasteiger partial charge in [-0.2, -0.15) is 0 Å². The van der Waals surface area contributed by atoms with E-state index >= 15 is 0 Å². The Kier molecular flexibility index (Phi) is 6.03. The Labute approximate surface area is 140 Å². The molecule has 0 spiro atoms. The molecule has 2 N–H and O–H groups in total. The van der Waals surface area contributed by atoms with E-state index in [2.05, 4.69) is 10.3 Å². The highest BCUT2D eigenvalue weighted by molar-refractivity contribution is 5.99. The molecule has 0 bridgehead atoms. The molecule has 1 aromatic heterocycles. The fourth-order valence-corrected chi connectivity index (χ4v) is 2.41. The van der Waals surface area contributed by atoms with Gasteiger partial charge in [-0.1, -0.05) is 18.2 Å². The van der Waals surface area contributed by atoms with Gasteiger partial charge in [-0.3, -0.25) is 9.78 Å². The lowest BCUT2D eigenvalue weighted by atomic mass is 9.99. The smallest absolute Gasteiger partial charge is 0.326 e. The number of aliphatic carboxylic acids is 1. The van der Waals surface area contributed by atoms with Crippen molar-refractivity contribution in [3.8, 4) is 11.3 Å². The van der Waals surface area contributed by atoms with Crippen molar-refractivity contribution >= 4 is 11.9 Å². The van der Waals surface area contributed by atoms with E-state index in [0.717, 1.165) is 16.8 Å². The van der Waals surface area contributed by atoms with E-state index < -0.39 is 17.9 Å². The van der Waals surface area contributed by atoms with Gasteiger partial charge < -0.3 is 15.2 Å². The summed E-state index contributed by atoms with van der Waals surface area (Å²) in [6.45, 7) is 2.08. The van der Waals surface area contributed by atoms with Gasteiger partial charge in [0.25, 0.3) is 5.91 Å². The fraction of sp³-hybridized carbons (Fsp3) is 0.278. The largest absolute Gasteiger partial charge is 0.480 e. The molecule has 0 aliphatic heterocycles. The summed E-state index contributed by atoms with van der Waals surface area (Å²) in [4.78, 5) is 28.1. The minimum Gasteiger partial charge on any atom is -0.480 e. The van der Waals surface area contributed by atoms with E-state index in [4.69, 9.17) is 4.74 Å². The third kappa shape index (κ3) is 4.17. The molecule has 2 aromatic rings. The van der Waals surface area contributed by atoms with Gasteiger partial charge >= 0.3 is 5.97 Å². The van der Waals surface area contributed by atoms with Crippen LogP contribution in [0.3, 0.4) is 0 Å². The molecule has 1 amide bonds. The zero-order valence-electron chi connectivity index (χ0n) is 13.7. The summed E-state index contributed by atoms with van der Waals surface area (Å²) < 4.78 is 4.89. The lowest BCUT2D eigenvalue weighted by Gasteiger charge is -2.16. The number of rotatable bonds is 7. The number of aromatic nitrogens is 1. The number of hydrogen-bond donors (Lipinski definition) is 2. The van der Waals surface area contributed by atoms with E-state index in [-0.39, 0.29) is 13.0 Å². The molecule has 1 unspecified atom stereocenters. The predicted molar refractivity (Wildman–Crippen MR) is 89.8 cm³/mol. The molecule has 0 saturated carbocycles. The highest BCUT2D eigenvalue weighted by Gasteiger charge is 2.22. The first-order valence-electron chi connectivity index (χ1n) is 7.58. The third-order valence-electron chi connectivity index (χ3n) is 3.73. The number of nitrogens with zero attached hydrogens (tertiary/aromatic N) is 1. The minimum atomic E-state index is -1.08. The predicted octanol–water partition coefficient (Wildman–Crippen LogP) is 2.28. The van der Waals surface area contributed by atoms with Crippen molar-refractivity contribution in [2.75, 3.05) is 13.7 Å². The van der Waals surface area contributed by atoms with Crippen molar-refractivity contribution in [2.24, 2.45) is 0 Å². The summed E-state index contributed by atoms with van der Waals surface area (Å²) in [6, 6.07) is 9.89. The van der Waals surface area contributed by atoms with Crippen LogP contribution in [0.15, 0.2) is 42.6 Å². The molecule has 0 aliphatic carbocycles. The topological polar surface area (TPSA) is 88.5 Å². The van der Waals surface area contributed by atoms with Gasteiger partial charge in [0.1, 0.15) is 6.04 Å². The van der Waals surface area contributed by atoms with Crippen LogP contribution in [0.5, 0.6) is 0 Å². The molecular weight excluding hydrogens is 308 g/mol. The average molecular weight is 328 g/mol. The quantitative estimate of drug-likeness (QED) is 0.814. The molecule has 2 rings (SSSR count).